The average Bonchev–Trinajstić information content (AvgIpc) is 2.74. The second-order valence-corrected chi connectivity index (χ2v) is 5.92. The van der Waals surface area contributed by atoms with E-state index in [1.807, 2.05) is 54.7 Å². The Labute approximate surface area is 152 Å². The lowest BCUT2D eigenvalue weighted by Gasteiger charge is -2.12. The maximum Gasteiger partial charge on any atom is 0.0980 e. The molecule has 0 spiro atoms. The zero-order chi connectivity index (χ0) is 17.8. The van der Waals surface area contributed by atoms with Gasteiger partial charge in [0, 0.05) is 36.3 Å². The Balaban J connectivity index is 1.91. The van der Waals surface area contributed by atoms with Crippen LogP contribution in [0.5, 0.6) is 0 Å². The molecule has 3 aromatic heterocycles. The molecule has 0 aliphatic heterocycles. The third-order valence-corrected chi connectivity index (χ3v) is 4.26. The summed E-state index contributed by atoms with van der Waals surface area (Å²) in [5, 5.41) is 0. The molecule has 1 aromatic carbocycles. The maximum atomic E-state index is 5.79. The number of rotatable bonds is 4. The molecule has 0 fully saturated rings. The highest BCUT2D eigenvalue weighted by atomic mass is 14.8. The van der Waals surface area contributed by atoms with Crippen LogP contribution >= 0.6 is 0 Å². The standard InChI is InChI=1S/C22H18N4/c23-15-16-10-13-24-20(14-16)22-19(9-5-12-26-22)21-18(8-4-11-25-21)17-6-2-1-3-7-17/h1-14H,15,23H2. The molecule has 0 saturated carbocycles. The molecule has 4 nitrogen and oxygen atoms in total. The van der Waals surface area contributed by atoms with Gasteiger partial charge in [0.2, 0.25) is 0 Å². The summed E-state index contributed by atoms with van der Waals surface area (Å²) < 4.78 is 0. The first kappa shape index (κ1) is 16.1. The van der Waals surface area contributed by atoms with Crippen molar-refractivity contribution in [2.24, 2.45) is 5.73 Å². The van der Waals surface area contributed by atoms with Gasteiger partial charge >= 0.3 is 0 Å². The van der Waals surface area contributed by atoms with Gasteiger partial charge in [0.25, 0.3) is 0 Å². The van der Waals surface area contributed by atoms with Gasteiger partial charge in [-0.2, -0.15) is 0 Å². The Bertz CT molecular complexity index is 1030. The molecule has 4 aromatic rings. The molecule has 3 heterocycles. The van der Waals surface area contributed by atoms with Crippen molar-refractivity contribution in [3.63, 3.8) is 0 Å². The summed E-state index contributed by atoms with van der Waals surface area (Å²) in [6.07, 6.45) is 5.36. The zero-order valence-corrected chi connectivity index (χ0v) is 14.2. The van der Waals surface area contributed by atoms with Gasteiger partial charge in [-0.1, -0.05) is 36.4 Å². The third kappa shape index (κ3) is 3.10. The first-order chi connectivity index (χ1) is 12.9. The first-order valence-corrected chi connectivity index (χ1v) is 8.48. The summed E-state index contributed by atoms with van der Waals surface area (Å²) in [5.41, 5.74) is 12.4. The van der Waals surface area contributed by atoms with E-state index in [1.165, 1.54) is 0 Å². The zero-order valence-electron chi connectivity index (χ0n) is 14.2. The van der Waals surface area contributed by atoms with Crippen LogP contribution < -0.4 is 5.73 Å². The van der Waals surface area contributed by atoms with Gasteiger partial charge in [-0.15, -0.1) is 0 Å². The first-order valence-electron chi connectivity index (χ1n) is 8.48. The summed E-state index contributed by atoms with van der Waals surface area (Å²) >= 11 is 0. The second kappa shape index (κ2) is 7.25. The summed E-state index contributed by atoms with van der Waals surface area (Å²) in [6.45, 7) is 0.469. The molecule has 0 saturated heterocycles. The van der Waals surface area contributed by atoms with Crippen LogP contribution in [-0.2, 0) is 6.54 Å². The van der Waals surface area contributed by atoms with Crippen molar-refractivity contribution in [1.82, 2.24) is 15.0 Å². The van der Waals surface area contributed by atoms with E-state index in [0.717, 1.165) is 39.3 Å². The largest absolute Gasteiger partial charge is 0.326 e. The van der Waals surface area contributed by atoms with Gasteiger partial charge in [0.15, 0.2) is 0 Å². The van der Waals surface area contributed by atoms with E-state index >= 15 is 0 Å². The highest BCUT2D eigenvalue weighted by Gasteiger charge is 2.15. The van der Waals surface area contributed by atoms with Crippen molar-refractivity contribution in [3.8, 4) is 33.8 Å². The van der Waals surface area contributed by atoms with Gasteiger partial charge in [0.1, 0.15) is 0 Å². The van der Waals surface area contributed by atoms with Crippen LogP contribution in [0.25, 0.3) is 33.8 Å². The van der Waals surface area contributed by atoms with E-state index in [4.69, 9.17) is 5.73 Å². The van der Waals surface area contributed by atoms with E-state index in [0.29, 0.717) is 6.54 Å². The quantitative estimate of drug-likeness (QED) is 0.601. The monoisotopic (exact) mass is 338 g/mol. The highest BCUT2D eigenvalue weighted by Crippen LogP contribution is 2.34. The van der Waals surface area contributed by atoms with Crippen LogP contribution in [-0.4, -0.2) is 15.0 Å². The highest BCUT2D eigenvalue weighted by molar-refractivity contribution is 5.87. The normalized spacial score (nSPS) is 10.7. The Hall–Kier alpha value is -3.37. The Morgan fingerprint density at radius 2 is 1.38 bits per heavy atom. The van der Waals surface area contributed by atoms with Gasteiger partial charge in [-0.05, 0) is 41.5 Å². The van der Waals surface area contributed by atoms with Gasteiger partial charge in [-0.25, -0.2) is 0 Å². The van der Waals surface area contributed by atoms with Gasteiger partial charge < -0.3 is 5.73 Å². The number of benzene rings is 1. The minimum Gasteiger partial charge on any atom is -0.326 e. The lowest BCUT2D eigenvalue weighted by Crippen LogP contribution is -1.99. The molecule has 26 heavy (non-hydrogen) atoms. The molecule has 0 amide bonds. The van der Waals surface area contributed by atoms with Crippen molar-refractivity contribution in [2.75, 3.05) is 0 Å². The van der Waals surface area contributed by atoms with Crippen molar-refractivity contribution >= 4 is 0 Å². The van der Waals surface area contributed by atoms with Crippen LogP contribution in [0.2, 0.25) is 0 Å². The lowest BCUT2D eigenvalue weighted by atomic mass is 9.97. The number of nitrogens with zero attached hydrogens (tertiary/aromatic N) is 3. The van der Waals surface area contributed by atoms with Crippen LogP contribution in [0.1, 0.15) is 5.56 Å². The van der Waals surface area contributed by atoms with E-state index in [2.05, 4.69) is 33.2 Å². The minimum atomic E-state index is 0.469. The number of hydrogen-bond acceptors (Lipinski definition) is 4. The molecule has 126 valence electrons. The molecule has 0 atom stereocenters. The van der Waals surface area contributed by atoms with Crippen LogP contribution in [0, 0.1) is 0 Å². The summed E-state index contributed by atoms with van der Waals surface area (Å²) in [7, 11) is 0. The molecule has 4 rings (SSSR count). The molecule has 0 aliphatic carbocycles. The summed E-state index contributed by atoms with van der Waals surface area (Å²) in [5.74, 6) is 0. The molecular weight excluding hydrogens is 320 g/mol. The minimum absolute atomic E-state index is 0.469. The Morgan fingerprint density at radius 3 is 2.15 bits per heavy atom. The molecule has 2 N–H and O–H groups in total. The second-order valence-electron chi connectivity index (χ2n) is 5.92. The van der Waals surface area contributed by atoms with E-state index < -0.39 is 0 Å². The number of pyridine rings is 3. The van der Waals surface area contributed by atoms with Crippen molar-refractivity contribution in [1.29, 1.82) is 0 Å². The number of nitrogens with two attached hydrogens (primary N) is 1. The molecule has 4 heteroatoms. The van der Waals surface area contributed by atoms with Crippen LogP contribution in [0.15, 0.2) is 85.3 Å². The topological polar surface area (TPSA) is 64.7 Å². The van der Waals surface area contributed by atoms with Crippen molar-refractivity contribution in [3.05, 3.63) is 90.9 Å². The average molecular weight is 338 g/mol. The SMILES string of the molecule is NCc1ccnc(-c2ncccc2-c2ncccc2-c2ccccc2)c1. The fraction of sp³-hybridized carbons (Fsp3) is 0.0455. The van der Waals surface area contributed by atoms with Crippen molar-refractivity contribution < 1.29 is 0 Å². The summed E-state index contributed by atoms with van der Waals surface area (Å²) in [6, 6.07) is 22.1. The van der Waals surface area contributed by atoms with Crippen LogP contribution in [0.3, 0.4) is 0 Å². The van der Waals surface area contributed by atoms with Gasteiger partial charge in [-0.3, -0.25) is 15.0 Å². The maximum absolute atomic E-state index is 5.79. The predicted octanol–water partition coefficient (Wildman–Crippen LogP) is 4.33. The van der Waals surface area contributed by atoms with Gasteiger partial charge in [0.05, 0.1) is 17.1 Å². The predicted molar refractivity (Wildman–Crippen MR) is 104 cm³/mol. The molecular formula is C22H18N4. The Kier molecular flexibility index (Phi) is 4.50. The summed E-state index contributed by atoms with van der Waals surface area (Å²) in [4.78, 5) is 13.8. The van der Waals surface area contributed by atoms with E-state index in [-0.39, 0.29) is 0 Å². The van der Waals surface area contributed by atoms with E-state index in [1.54, 1.807) is 12.4 Å². The molecule has 0 bridgehead atoms. The number of aromatic nitrogens is 3. The van der Waals surface area contributed by atoms with Crippen LogP contribution in [0.4, 0.5) is 0 Å². The number of hydrogen-bond donors (Lipinski definition) is 1. The van der Waals surface area contributed by atoms with Crippen molar-refractivity contribution in [2.45, 2.75) is 6.54 Å². The smallest absolute Gasteiger partial charge is 0.0980 e. The molecule has 0 unspecified atom stereocenters. The lowest BCUT2D eigenvalue weighted by molar-refractivity contribution is 1.06. The fourth-order valence-corrected chi connectivity index (χ4v) is 3.00. The molecule has 0 radical (unpaired) electrons. The third-order valence-electron chi connectivity index (χ3n) is 4.26. The van der Waals surface area contributed by atoms with E-state index in [9.17, 15) is 0 Å². The molecule has 0 aliphatic rings. The fourth-order valence-electron chi connectivity index (χ4n) is 3.00. The Morgan fingerprint density at radius 1 is 0.654 bits per heavy atom.